The van der Waals surface area contributed by atoms with Crippen LogP contribution in [-0.4, -0.2) is 77.8 Å². The van der Waals surface area contributed by atoms with E-state index in [1.165, 1.54) is 19.1 Å². The van der Waals surface area contributed by atoms with Crippen LogP contribution in [0.25, 0.3) is 0 Å². The van der Waals surface area contributed by atoms with Crippen molar-refractivity contribution in [2.75, 3.05) is 23.9 Å². The Hall–Kier alpha value is -5.41. The Morgan fingerprint density at radius 1 is 1.05 bits per heavy atom. The summed E-state index contributed by atoms with van der Waals surface area (Å²) in [6, 6.07) is 26.6. The van der Waals surface area contributed by atoms with Crippen LogP contribution in [0.15, 0.2) is 91.0 Å². The lowest BCUT2D eigenvalue weighted by molar-refractivity contribution is -0.385. The predicted octanol–water partition coefficient (Wildman–Crippen LogP) is 5.02. The zero-order valence-corrected chi connectivity index (χ0v) is 33.7. The number of benzene rings is 4. The summed E-state index contributed by atoms with van der Waals surface area (Å²) < 4.78 is 12.6. The number of non-ortho nitro benzene ring substituents is 1. The Morgan fingerprint density at radius 2 is 1.77 bits per heavy atom. The average Bonchev–Trinajstić information content (AvgIpc) is 3.62. The normalized spacial score (nSPS) is 23.2. The molecular weight excluding hydrogens is 745 g/mol. The third-order valence-electron chi connectivity index (χ3n) is 12.2. The number of carbonyl (C=O) groups excluding carboxylic acids is 3. The Kier molecular flexibility index (Phi) is 10.8. The van der Waals surface area contributed by atoms with Crippen molar-refractivity contribution in [3.05, 3.63) is 123 Å². The second-order valence-corrected chi connectivity index (χ2v) is 20.6. The molecular formula is C43H48N4O9Si. The summed E-state index contributed by atoms with van der Waals surface area (Å²) in [4.78, 5) is 57.2. The number of carbonyl (C=O) groups is 3. The summed E-state index contributed by atoms with van der Waals surface area (Å²) in [6.45, 7) is 7.88. The second kappa shape index (κ2) is 15.5. The van der Waals surface area contributed by atoms with E-state index in [0.29, 0.717) is 41.2 Å². The molecule has 0 bridgehead atoms. The molecule has 3 aliphatic heterocycles. The smallest absolute Gasteiger partial charge is 0.269 e. The van der Waals surface area contributed by atoms with Crippen LogP contribution in [0, 0.1) is 16.0 Å². The molecule has 3 N–H and O–H groups in total. The number of aliphatic hydroxyl groups is 2. The molecule has 1 saturated heterocycles. The molecule has 3 amide bonds. The van der Waals surface area contributed by atoms with Gasteiger partial charge >= 0.3 is 0 Å². The van der Waals surface area contributed by atoms with Crippen LogP contribution < -0.4 is 20.1 Å². The van der Waals surface area contributed by atoms with Crippen molar-refractivity contribution < 1.29 is 39.0 Å². The van der Waals surface area contributed by atoms with Gasteiger partial charge in [-0.1, -0.05) is 73.7 Å². The number of anilines is 2. The first-order valence-electron chi connectivity index (χ1n) is 19.2. The standard InChI is InChI=1S/C43H48N4O9Si/c1-26-40(57(4,5)35-16-14-34(55-3)15-17-35)38(22-39(50)45-24-30-11-7-6-10-29(30)20-33(45)25-48)56-43(26)36-21-32(47(53)54)13-18-37(36)46(42(43)52)23-28-9-8-12-31(19-28)44-41(51)27(2)49/h6-19,21,26-27,33,38,40,48-49H,20,22-25H2,1-5H3,(H,44,51)/t26-,27-,33-,38+,40-,43+/m0/s1. The maximum Gasteiger partial charge on any atom is 0.269 e. The van der Waals surface area contributed by atoms with Crippen LogP contribution in [0.3, 0.4) is 0 Å². The fourth-order valence-corrected chi connectivity index (χ4v) is 13.3. The largest absolute Gasteiger partial charge is 0.497 e. The van der Waals surface area contributed by atoms with Gasteiger partial charge in [0.2, 0.25) is 5.91 Å². The quantitative estimate of drug-likeness (QED) is 0.107. The number of nitro benzene ring substituents is 1. The molecule has 7 rings (SSSR count). The summed E-state index contributed by atoms with van der Waals surface area (Å²) in [5.74, 6) is -1.03. The molecule has 14 heteroatoms. The van der Waals surface area contributed by atoms with E-state index in [2.05, 4.69) is 18.4 Å². The predicted molar refractivity (Wildman–Crippen MR) is 217 cm³/mol. The number of nitrogens with zero attached hydrogens (tertiary/aromatic N) is 3. The SMILES string of the molecule is COc1ccc([Si](C)(C)[C@@H]2[C@@H](CC(=O)N3Cc4ccccc4C[C@H]3CO)O[C@]3(C(=O)N(Cc4cccc(NC(=O)[C@H](C)O)c4)c4ccc([N+](=O)[O-])cc43)[C@H]2C)cc1. The van der Waals surface area contributed by atoms with E-state index in [0.717, 1.165) is 16.3 Å². The summed E-state index contributed by atoms with van der Waals surface area (Å²) in [5.41, 5.74) is 1.83. The number of nitrogens with one attached hydrogen (secondary N) is 1. The van der Waals surface area contributed by atoms with Gasteiger partial charge in [0.15, 0.2) is 5.60 Å². The number of hydrogen-bond acceptors (Lipinski definition) is 9. The summed E-state index contributed by atoms with van der Waals surface area (Å²) in [6.07, 6.45) is -1.54. The van der Waals surface area contributed by atoms with Gasteiger partial charge in [-0.05, 0) is 65.9 Å². The first-order valence-corrected chi connectivity index (χ1v) is 22.3. The van der Waals surface area contributed by atoms with E-state index in [1.807, 2.05) is 55.5 Å². The highest BCUT2D eigenvalue weighted by molar-refractivity contribution is 6.91. The molecule has 0 radical (unpaired) electrons. The van der Waals surface area contributed by atoms with E-state index in [1.54, 1.807) is 47.2 Å². The van der Waals surface area contributed by atoms with Crippen molar-refractivity contribution in [1.29, 1.82) is 0 Å². The molecule has 4 aromatic rings. The molecule has 0 aromatic heterocycles. The molecule has 0 aliphatic carbocycles. The second-order valence-electron chi connectivity index (χ2n) is 15.9. The molecule has 57 heavy (non-hydrogen) atoms. The zero-order chi connectivity index (χ0) is 40.8. The van der Waals surface area contributed by atoms with Crippen molar-refractivity contribution in [1.82, 2.24) is 4.90 Å². The van der Waals surface area contributed by atoms with Gasteiger partial charge in [0.05, 0.1) is 57.5 Å². The zero-order valence-electron chi connectivity index (χ0n) is 32.7. The Labute approximate surface area is 332 Å². The van der Waals surface area contributed by atoms with Crippen molar-refractivity contribution in [2.45, 2.75) is 82.3 Å². The van der Waals surface area contributed by atoms with Crippen LogP contribution in [-0.2, 0) is 44.2 Å². The van der Waals surface area contributed by atoms with E-state index in [4.69, 9.17) is 9.47 Å². The van der Waals surface area contributed by atoms with Gasteiger partial charge in [-0.3, -0.25) is 24.5 Å². The average molecular weight is 793 g/mol. The highest BCUT2D eigenvalue weighted by atomic mass is 28.3. The van der Waals surface area contributed by atoms with Crippen molar-refractivity contribution in [3.63, 3.8) is 0 Å². The van der Waals surface area contributed by atoms with Crippen molar-refractivity contribution in [3.8, 4) is 5.75 Å². The van der Waals surface area contributed by atoms with Crippen LogP contribution in [0.1, 0.15) is 42.5 Å². The van der Waals surface area contributed by atoms with Gasteiger partial charge in [0, 0.05) is 35.8 Å². The van der Waals surface area contributed by atoms with E-state index < -0.39 is 54.6 Å². The number of aliphatic hydroxyl groups excluding tert-OH is 2. The monoisotopic (exact) mass is 792 g/mol. The van der Waals surface area contributed by atoms with Crippen LogP contribution in [0.4, 0.5) is 17.1 Å². The van der Waals surface area contributed by atoms with E-state index in [-0.39, 0.29) is 36.7 Å². The Balaban J connectivity index is 1.31. The molecule has 13 nitrogen and oxygen atoms in total. The van der Waals surface area contributed by atoms with Gasteiger partial charge in [0.25, 0.3) is 17.5 Å². The molecule has 0 unspecified atom stereocenters. The maximum atomic E-state index is 15.3. The minimum atomic E-state index is -2.68. The third-order valence-corrected chi connectivity index (χ3v) is 16.6. The molecule has 0 saturated carbocycles. The van der Waals surface area contributed by atoms with Gasteiger partial charge in [0.1, 0.15) is 11.9 Å². The molecule has 1 fully saturated rings. The summed E-state index contributed by atoms with van der Waals surface area (Å²) in [5, 5.41) is 36.2. The molecule has 1 spiro atoms. The molecule has 298 valence electrons. The highest BCUT2D eigenvalue weighted by Crippen LogP contribution is 2.60. The molecule has 4 aromatic carbocycles. The molecule has 6 atom stereocenters. The van der Waals surface area contributed by atoms with Gasteiger partial charge in [-0.15, -0.1) is 0 Å². The first kappa shape index (κ1) is 39.8. The number of ether oxygens (including phenoxy) is 2. The van der Waals surface area contributed by atoms with Crippen molar-refractivity contribution >= 4 is 48.0 Å². The minimum absolute atomic E-state index is 0.0544. The topological polar surface area (TPSA) is 172 Å². The number of hydrogen-bond donors (Lipinski definition) is 3. The number of methoxy groups -OCH3 is 1. The van der Waals surface area contributed by atoms with E-state index >= 15 is 4.79 Å². The fourth-order valence-electron chi connectivity index (χ4n) is 9.28. The summed E-state index contributed by atoms with van der Waals surface area (Å²) in [7, 11) is -1.08. The number of rotatable bonds is 11. The maximum absolute atomic E-state index is 15.3. The van der Waals surface area contributed by atoms with Gasteiger partial charge in [-0.25, -0.2) is 0 Å². The number of nitro groups is 1. The number of fused-ring (bicyclic) bond motifs is 3. The van der Waals surface area contributed by atoms with Gasteiger partial charge < -0.3 is 34.8 Å². The van der Waals surface area contributed by atoms with Crippen LogP contribution in [0.2, 0.25) is 18.6 Å². The van der Waals surface area contributed by atoms with Crippen molar-refractivity contribution in [2.24, 2.45) is 5.92 Å². The van der Waals surface area contributed by atoms with Crippen LogP contribution in [0.5, 0.6) is 5.75 Å². The lowest BCUT2D eigenvalue weighted by atomic mass is 9.82. The van der Waals surface area contributed by atoms with E-state index in [9.17, 15) is 29.9 Å². The lowest BCUT2D eigenvalue weighted by Crippen LogP contribution is -2.52. The minimum Gasteiger partial charge on any atom is -0.497 e. The molecule has 3 heterocycles. The lowest BCUT2D eigenvalue weighted by Gasteiger charge is -2.39. The molecule has 3 aliphatic rings. The Bertz CT molecular complexity index is 2210. The first-order chi connectivity index (χ1) is 27.2. The number of amides is 3. The van der Waals surface area contributed by atoms with Gasteiger partial charge in [-0.2, -0.15) is 0 Å². The highest BCUT2D eigenvalue weighted by Gasteiger charge is 2.67. The Morgan fingerprint density at radius 3 is 2.44 bits per heavy atom. The fraction of sp³-hybridized carbons (Fsp3) is 0.372. The third kappa shape index (κ3) is 7.11. The summed E-state index contributed by atoms with van der Waals surface area (Å²) >= 11 is 0. The van der Waals surface area contributed by atoms with Crippen LogP contribution >= 0.6 is 0 Å².